The number of thioether (sulfide) groups is 1. The van der Waals surface area contributed by atoms with E-state index in [2.05, 4.69) is 10.1 Å². The Morgan fingerprint density at radius 1 is 0.976 bits per heavy atom. The van der Waals surface area contributed by atoms with Gasteiger partial charge in [0, 0.05) is 22.6 Å². The van der Waals surface area contributed by atoms with Crippen LogP contribution in [0.5, 0.6) is 5.75 Å². The molecular formula is C31H31F3N2O5S. The molecule has 2 amide bonds. The molecular weight excluding hydrogens is 569 g/mol. The third kappa shape index (κ3) is 8.75. The fraction of sp³-hybridized carbons (Fsp3) is 0.323. The molecule has 0 radical (unpaired) electrons. The van der Waals surface area contributed by atoms with Gasteiger partial charge in [-0.05, 0) is 62.6 Å². The molecule has 0 saturated carbocycles. The predicted octanol–water partition coefficient (Wildman–Crippen LogP) is 6.93. The highest BCUT2D eigenvalue weighted by Gasteiger charge is 2.34. The van der Waals surface area contributed by atoms with Crippen LogP contribution in [0.4, 0.5) is 23.7 Å². The molecule has 0 spiro atoms. The third-order valence-electron chi connectivity index (χ3n) is 6.21. The number of benzene rings is 3. The van der Waals surface area contributed by atoms with Crippen LogP contribution in [-0.4, -0.2) is 41.5 Å². The first-order chi connectivity index (χ1) is 19.8. The maximum atomic E-state index is 13.8. The number of carbonyl (C=O) groups is 3. The lowest BCUT2D eigenvalue weighted by Crippen LogP contribution is -2.50. The number of alkyl carbamates (subject to hydrolysis) is 1. The van der Waals surface area contributed by atoms with Gasteiger partial charge in [-0.2, -0.15) is 0 Å². The van der Waals surface area contributed by atoms with E-state index in [1.807, 2.05) is 30.3 Å². The number of anilines is 1. The standard InChI is InChI=1S/C31H31F3N2O5S/c1-30(2,3)41-29(39)35-24-19-42-27-16-12-22(26(37)15-11-20-7-5-4-6-8-20)17-25(27)36(28(24)38)18-21-9-13-23(14-10-21)40-31(32,33)34/h4-10,12-14,16-17,24H,11,15,18-19H2,1-3H3,(H,35,39)/t24-/m0/s1. The van der Waals surface area contributed by atoms with Crippen molar-refractivity contribution in [2.75, 3.05) is 10.7 Å². The Kier molecular flexibility index (Phi) is 9.50. The topological polar surface area (TPSA) is 84.9 Å². The van der Waals surface area contributed by atoms with Crippen LogP contribution in [0.2, 0.25) is 0 Å². The lowest BCUT2D eigenvalue weighted by Gasteiger charge is -2.27. The fourth-order valence-corrected chi connectivity index (χ4v) is 5.37. The van der Waals surface area contributed by atoms with Crippen LogP contribution in [-0.2, 0) is 22.5 Å². The lowest BCUT2D eigenvalue weighted by atomic mass is 10.0. The summed E-state index contributed by atoms with van der Waals surface area (Å²) in [4.78, 5) is 41.7. The number of ether oxygens (including phenoxy) is 2. The highest BCUT2D eigenvalue weighted by molar-refractivity contribution is 7.99. The Morgan fingerprint density at radius 3 is 2.31 bits per heavy atom. The molecule has 0 fully saturated rings. The maximum Gasteiger partial charge on any atom is 0.573 e. The third-order valence-corrected chi connectivity index (χ3v) is 7.37. The van der Waals surface area contributed by atoms with Crippen molar-refractivity contribution in [1.82, 2.24) is 5.32 Å². The first-order valence-corrected chi connectivity index (χ1v) is 14.3. The van der Waals surface area contributed by atoms with Crippen LogP contribution < -0.4 is 15.0 Å². The van der Waals surface area contributed by atoms with Crippen LogP contribution >= 0.6 is 11.8 Å². The SMILES string of the molecule is CC(C)(C)OC(=O)N[C@H]1CSc2ccc(C(=O)CCc3ccccc3)cc2N(Cc2ccc(OC(F)(F)F)cc2)C1=O. The summed E-state index contributed by atoms with van der Waals surface area (Å²) in [6.07, 6.45) is -4.75. The monoisotopic (exact) mass is 600 g/mol. The normalized spacial score (nSPS) is 15.4. The van der Waals surface area contributed by atoms with E-state index in [0.717, 1.165) is 5.56 Å². The summed E-state index contributed by atoms with van der Waals surface area (Å²) in [6.45, 7) is 5.11. The highest BCUT2D eigenvalue weighted by Crippen LogP contribution is 2.37. The molecule has 11 heteroatoms. The lowest BCUT2D eigenvalue weighted by molar-refractivity contribution is -0.274. The van der Waals surface area contributed by atoms with Crippen LogP contribution in [0.15, 0.2) is 77.7 Å². The van der Waals surface area contributed by atoms with Crippen LogP contribution in [0.1, 0.15) is 48.7 Å². The van der Waals surface area contributed by atoms with Crippen molar-refractivity contribution < 1.29 is 37.0 Å². The molecule has 0 aliphatic carbocycles. The van der Waals surface area contributed by atoms with Gasteiger partial charge in [-0.3, -0.25) is 9.59 Å². The Hall–Kier alpha value is -3.99. The molecule has 0 bridgehead atoms. The van der Waals surface area contributed by atoms with Gasteiger partial charge in [0.1, 0.15) is 17.4 Å². The van der Waals surface area contributed by atoms with Crippen LogP contribution in [0.3, 0.4) is 0 Å². The number of hydrogen-bond donors (Lipinski definition) is 1. The van der Waals surface area contributed by atoms with Gasteiger partial charge in [0.25, 0.3) is 5.91 Å². The van der Waals surface area contributed by atoms with E-state index in [1.165, 1.54) is 40.9 Å². The molecule has 1 aliphatic heterocycles. The van der Waals surface area contributed by atoms with Crippen molar-refractivity contribution in [1.29, 1.82) is 0 Å². The van der Waals surface area contributed by atoms with E-state index in [0.29, 0.717) is 28.1 Å². The first-order valence-electron chi connectivity index (χ1n) is 13.3. The van der Waals surface area contributed by atoms with E-state index in [1.54, 1.807) is 39.0 Å². The molecule has 4 rings (SSSR count). The second-order valence-corrected chi connectivity index (χ2v) is 11.8. The number of halogens is 3. The first kappa shape index (κ1) is 31.0. The van der Waals surface area contributed by atoms with E-state index in [9.17, 15) is 27.6 Å². The molecule has 42 heavy (non-hydrogen) atoms. The van der Waals surface area contributed by atoms with Crippen molar-refractivity contribution in [3.05, 3.63) is 89.5 Å². The smallest absolute Gasteiger partial charge is 0.444 e. The zero-order valence-electron chi connectivity index (χ0n) is 23.4. The Bertz CT molecular complexity index is 1420. The van der Waals surface area contributed by atoms with Crippen LogP contribution in [0, 0.1) is 0 Å². The molecule has 1 N–H and O–H groups in total. The summed E-state index contributed by atoms with van der Waals surface area (Å²) in [7, 11) is 0. The van der Waals surface area contributed by atoms with Crippen molar-refractivity contribution in [3.63, 3.8) is 0 Å². The number of alkyl halides is 3. The number of ketones is 1. The van der Waals surface area contributed by atoms with Gasteiger partial charge in [0.05, 0.1) is 12.2 Å². The molecule has 1 aliphatic rings. The molecule has 3 aromatic rings. The van der Waals surface area contributed by atoms with Gasteiger partial charge in [0.2, 0.25) is 0 Å². The molecule has 0 aromatic heterocycles. The summed E-state index contributed by atoms with van der Waals surface area (Å²) in [6, 6.07) is 19.0. The summed E-state index contributed by atoms with van der Waals surface area (Å²) in [5, 5.41) is 2.64. The van der Waals surface area contributed by atoms with E-state index < -0.39 is 30.0 Å². The van der Waals surface area contributed by atoms with E-state index in [-0.39, 0.29) is 30.3 Å². The van der Waals surface area contributed by atoms with Crippen molar-refractivity contribution in [2.45, 2.75) is 63.1 Å². The summed E-state index contributed by atoms with van der Waals surface area (Å²) < 4.78 is 47.2. The van der Waals surface area contributed by atoms with Gasteiger partial charge in [-0.1, -0.05) is 48.5 Å². The summed E-state index contributed by atoms with van der Waals surface area (Å²) in [5.74, 6) is -0.724. The molecule has 1 atom stereocenters. The molecule has 0 saturated heterocycles. The van der Waals surface area contributed by atoms with Crippen molar-refractivity contribution in [3.8, 4) is 5.75 Å². The van der Waals surface area contributed by atoms with E-state index >= 15 is 0 Å². The number of aryl methyl sites for hydroxylation is 1. The largest absolute Gasteiger partial charge is 0.573 e. The zero-order valence-corrected chi connectivity index (χ0v) is 24.2. The fourth-order valence-electron chi connectivity index (χ4n) is 4.32. The van der Waals surface area contributed by atoms with Gasteiger partial charge in [-0.25, -0.2) is 4.79 Å². The minimum absolute atomic E-state index is 0.0210. The number of Topliss-reactive ketones (excluding diaryl/α,β-unsaturated/α-hetero) is 1. The Morgan fingerprint density at radius 2 is 1.67 bits per heavy atom. The van der Waals surface area contributed by atoms with Gasteiger partial charge in [0.15, 0.2) is 5.78 Å². The highest BCUT2D eigenvalue weighted by atomic mass is 32.2. The molecule has 0 unspecified atom stereocenters. The van der Waals surface area contributed by atoms with E-state index in [4.69, 9.17) is 4.74 Å². The summed E-state index contributed by atoms with van der Waals surface area (Å²) >= 11 is 1.35. The minimum Gasteiger partial charge on any atom is -0.444 e. The maximum absolute atomic E-state index is 13.8. The molecule has 3 aromatic carbocycles. The minimum atomic E-state index is -4.83. The van der Waals surface area contributed by atoms with Crippen LogP contribution in [0.25, 0.3) is 0 Å². The number of fused-ring (bicyclic) bond motifs is 1. The average molecular weight is 601 g/mol. The van der Waals surface area contributed by atoms with Gasteiger partial charge < -0.3 is 19.7 Å². The van der Waals surface area contributed by atoms with Crippen molar-refractivity contribution >= 4 is 35.2 Å². The van der Waals surface area contributed by atoms with Crippen molar-refractivity contribution in [2.24, 2.45) is 0 Å². The number of amides is 2. The number of nitrogens with one attached hydrogen (secondary N) is 1. The Balaban J connectivity index is 1.61. The average Bonchev–Trinajstić information content (AvgIpc) is 3.03. The zero-order chi connectivity index (χ0) is 30.5. The summed E-state index contributed by atoms with van der Waals surface area (Å²) in [5.41, 5.74) is 1.67. The van der Waals surface area contributed by atoms with Gasteiger partial charge in [-0.15, -0.1) is 24.9 Å². The molecule has 222 valence electrons. The van der Waals surface area contributed by atoms with Gasteiger partial charge >= 0.3 is 12.5 Å². The quantitative estimate of drug-likeness (QED) is 0.282. The Labute approximate surface area is 246 Å². The number of hydrogen-bond acceptors (Lipinski definition) is 6. The molecule has 7 nitrogen and oxygen atoms in total. The number of nitrogens with zero attached hydrogens (tertiary/aromatic N) is 1. The number of carbonyl (C=O) groups excluding carboxylic acids is 3. The molecule has 1 heterocycles. The predicted molar refractivity (Wildman–Crippen MR) is 154 cm³/mol. The second-order valence-electron chi connectivity index (χ2n) is 10.7. The number of rotatable bonds is 8. The second kappa shape index (κ2) is 12.9.